The van der Waals surface area contributed by atoms with Crippen molar-refractivity contribution >= 4 is 6.16 Å². The van der Waals surface area contributed by atoms with E-state index in [4.69, 9.17) is 0 Å². The summed E-state index contributed by atoms with van der Waals surface area (Å²) < 4.78 is 5.47. The molecule has 19 heavy (non-hydrogen) atoms. The summed E-state index contributed by atoms with van der Waals surface area (Å²) in [4.78, 5) is 9.70. The van der Waals surface area contributed by atoms with E-state index in [1.807, 2.05) is 0 Å². The molecule has 0 fully saturated rings. The second kappa shape index (κ2) is 13.7. The molecule has 0 unspecified atom stereocenters. The molecule has 0 aliphatic heterocycles. The predicted octanol–water partition coefficient (Wildman–Crippen LogP) is 2.81. The van der Waals surface area contributed by atoms with Crippen LogP contribution in [0.15, 0.2) is 0 Å². The number of carbonyl (C=O) groups is 1. The Morgan fingerprint density at radius 1 is 0.895 bits per heavy atom. The summed E-state index contributed by atoms with van der Waals surface area (Å²) in [5, 5.41) is 9.70. The molecule has 116 valence electrons. The van der Waals surface area contributed by atoms with Crippen LogP contribution in [0.4, 0.5) is 4.79 Å². The van der Waals surface area contributed by atoms with E-state index >= 15 is 0 Å². The second-order valence-corrected chi connectivity index (χ2v) is 4.77. The average Bonchev–Trinajstić information content (AvgIpc) is 2.42. The molecular formula is C15H33NO3. The van der Waals surface area contributed by atoms with E-state index in [1.54, 1.807) is 0 Å². The topological polar surface area (TPSA) is 49.4 Å². The second-order valence-electron chi connectivity index (χ2n) is 4.77. The van der Waals surface area contributed by atoms with Crippen molar-refractivity contribution in [2.75, 3.05) is 32.8 Å². The summed E-state index contributed by atoms with van der Waals surface area (Å²) in [6.07, 6.45) is 2.70. The summed E-state index contributed by atoms with van der Waals surface area (Å²) >= 11 is 0. The highest BCUT2D eigenvalue weighted by Crippen LogP contribution is 2.03. The number of carboxylic acid groups (broad SMARTS) is 1. The largest absolute Gasteiger partial charge is 0.550 e. The van der Waals surface area contributed by atoms with Gasteiger partial charge in [0.1, 0.15) is 0 Å². The quantitative estimate of drug-likeness (QED) is 0.369. The van der Waals surface area contributed by atoms with E-state index in [9.17, 15) is 9.90 Å². The van der Waals surface area contributed by atoms with E-state index in [0.717, 1.165) is 25.7 Å². The SMILES string of the molecule is CCCCCCOC(=O)[O-].CC[N+](CC)(CC)CC. The lowest BCUT2D eigenvalue weighted by Gasteiger charge is -2.34. The third-order valence-electron chi connectivity index (χ3n) is 3.90. The predicted molar refractivity (Wildman–Crippen MR) is 77.9 cm³/mol. The Bertz CT molecular complexity index is 186. The van der Waals surface area contributed by atoms with Gasteiger partial charge in [0.2, 0.25) is 0 Å². The van der Waals surface area contributed by atoms with Crippen LogP contribution in [-0.4, -0.2) is 43.4 Å². The number of rotatable bonds is 9. The van der Waals surface area contributed by atoms with Crippen LogP contribution < -0.4 is 5.11 Å². The zero-order valence-electron chi connectivity index (χ0n) is 13.5. The normalized spacial score (nSPS) is 10.6. The number of carbonyl (C=O) groups excluding carboxylic acids is 1. The van der Waals surface area contributed by atoms with Crippen LogP contribution in [0, 0.1) is 0 Å². The summed E-state index contributed by atoms with van der Waals surface area (Å²) in [6, 6.07) is 0. The highest BCUT2D eigenvalue weighted by molar-refractivity contribution is 5.53. The van der Waals surface area contributed by atoms with Crippen molar-refractivity contribution in [3.8, 4) is 0 Å². The number of unbranched alkanes of at least 4 members (excludes halogenated alkanes) is 3. The Morgan fingerprint density at radius 2 is 1.37 bits per heavy atom. The summed E-state index contributed by atoms with van der Waals surface area (Å²) in [6.45, 7) is 16.6. The first-order chi connectivity index (χ1) is 9.01. The van der Waals surface area contributed by atoms with Crippen molar-refractivity contribution in [2.24, 2.45) is 0 Å². The lowest BCUT2D eigenvalue weighted by Crippen LogP contribution is -2.47. The maximum absolute atomic E-state index is 9.70. The smallest absolute Gasteiger partial charge is 0.251 e. The van der Waals surface area contributed by atoms with Gasteiger partial charge in [-0.05, 0) is 34.1 Å². The van der Waals surface area contributed by atoms with Crippen LogP contribution in [0.5, 0.6) is 0 Å². The number of hydrogen-bond donors (Lipinski definition) is 0. The van der Waals surface area contributed by atoms with E-state index in [-0.39, 0.29) is 6.61 Å². The van der Waals surface area contributed by atoms with Crippen LogP contribution >= 0.6 is 0 Å². The van der Waals surface area contributed by atoms with Gasteiger partial charge >= 0.3 is 0 Å². The van der Waals surface area contributed by atoms with E-state index in [1.165, 1.54) is 30.7 Å². The first-order valence-corrected chi connectivity index (χ1v) is 7.70. The molecule has 0 aromatic heterocycles. The fourth-order valence-corrected chi connectivity index (χ4v) is 2.03. The van der Waals surface area contributed by atoms with Crippen molar-refractivity contribution in [3.05, 3.63) is 0 Å². The number of quaternary nitrogens is 1. The maximum Gasteiger partial charge on any atom is 0.251 e. The first kappa shape index (κ1) is 20.5. The third kappa shape index (κ3) is 12.0. The third-order valence-corrected chi connectivity index (χ3v) is 3.90. The van der Waals surface area contributed by atoms with Gasteiger partial charge in [-0.1, -0.05) is 26.2 Å². The standard InChI is InChI=1S/C8H20N.C7H14O3/c1-5-9(6-2,7-3)8-4;1-2-3-4-5-6-10-7(8)9/h5-8H2,1-4H3;2-6H2,1H3,(H,8,9)/q+1;/p-1. The minimum atomic E-state index is -1.42. The van der Waals surface area contributed by atoms with Gasteiger partial charge in [-0.2, -0.15) is 0 Å². The molecule has 0 saturated heterocycles. The molecule has 0 N–H and O–H groups in total. The fraction of sp³-hybridized carbons (Fsp3) is 0.933. The first-order valence-electron chi connectivity index (χ1n) is 7.70. The Morgan fingerprint density at radius 3 is 1.63 bits per heavy atom. The number of hydrogen-bond acceptors (Lipinski definition) is 3. The van der Waals surface area contributed by atoms with E-state index in [2.05, 4.69) is 39.4 Å². The molecule has 0 saturated carbocycles. The van der Waals surface area contributed by atoms with Crippen molar-refractivity contribution in [3.63, 3.8) is 0 Å². The molecule has 4 nitrogen and oxygen atoms in total. The zero-order chi connectivity index (χ0) is 15.1. The van der Waals surface area contributed by atoms with Crippen molar-refractivity contribution < 1.29 is 19.1 Å². The van der Waals surface area contributed by atoms with Gasteiger partial charge in [0.25, 0.3) is 6.16 Å². The highest BCUT2D eigenvalue weighted by Gasteiger charge is 2.16. The van der Waals surface area contributed by atoms with E-state index < -0.39 is 6.16 Å². The van der Waals surface area contributed by atoms with Crippen LogP contribution in [0.3, 0.4) is 0 Å². The van der Waals surface area contributed by atoms with E-state index in [0.29, 0.717) is 0 Å². The minimum Gasteiger partial charge on any atom is -0.550 e. The van der Waals surface area contributed by atoms with Crippen molar-refractivity contribution in [1.82, 2.24) is 0 Å². The van der Waals surface area contributed by atoms with Crippen LogP contribution in [0.25, 0.3) is 0 Å². The van der Waals surface area contributed by atoms with Gasteiger partial charge in [0, 0.05) is 6.61 Å². The zero-order valence-corrected chi connectivity index (χ0v) is 13.5. The molecule has 0 aromatic rings. The number of nitrogens with zero attached hydrogens (tertiary/aromatic N) is 1. The van der Waals surface area contributed by atoms with Gasteiger partial charge in [0.05, 0.1) is 26.2 Å². The summed E-state index contributed by atoms with van der Waals surface area (Å²) in [5.41, 5.74) is 0. The Labute approximate surface area is 119 Å². The Balaban J connectivity index is 0. The highest BCUT2D eigenvalue weighted by atomic mass is 16.7. The molecule has 0 rings (SSSR count). The molecule has 0 aliphatic rings. The molecule has 0 aromatic carbocycles. The molecule has 0 aliphatic carbocycles. The van der Waals surface area contributed by atoms with Gasteiger partial charge in [0.15, 0.2) is 0 Å². The Hall–Kier alpha value is -0.770. The fourth-order valence-electron chi connectivity index (χ4n) is 2.03. The lowest BCUT2D eigenvalue weighted by atomic mass is 10.2. The number of ether oxygens (including phenoxy) is 1. The molecule has 0 amide bonds. The average molecular weight is 275 g/mol. The van der Waals surface area contributed by atoms with Gasteiger partial charge in [-0.3, -0.25) is 0 Å². The molecular weight excluding hydrogens is 242 g/mol. The van der Waals surface area contributed by atoms with Crippen LogP contribution in [0.2, 0.25) is 0 Å². The molecule has 0 atom stereocenters. The lowest BCUT2D eigenvalue weighted by molar-refractivity contribution is -0.921. The van der Waals surface area contributed by atoms with Gasteiger partial charge in [-0.25, -0.2) is 0 Å². The summed E-state index contributed by atoms with van der Waals surface area (Å²) in [7, 11) is 0. The van der Waals surface area contributed by atoms with Crippen LogP contribution in [-0.2, 0) is 4.74 Å². The van der Waals surface area contributed by atoms with Gasteiger partial charge < -0.3 is 19.1 Å². The molecule has 0 heterocycles. The molecule has 4 heteroatoms. The molecule has 0 bridgehead atoms. The minimum absolute atomic E-state index is 0.280. The molecule has 0 spiro atoms. The summed E-state index contributed by atoms with van der Waals surface area (Å²) in [5.74, 6) is 0. The van der Waals surface area contributed by atoms with Crippen LogP contribution in [0.1, 0.15) is 60.3 Å². The monoisotopic (exact) mass is 275 g/mol. The maximum atomic E-state index is 9.70. The van der Waals surface area contributed by atoms with Crippen molar-refractivity contribution in [1.29, 1.82) is 0 Å². The van der Waals surface area contributed by atoms with Crippen molar-refractivity contribution in [2.45, 2.75) is 60.3 Å². The Kier molecular flexibility index (Phi) is 14.8. The van der Waals surface area contributed by atoms with Gasteiger partial charge in [-0.15, -0.1) is 0 Å². The molecule has 0 radical (unpaired) electrons.